The fraction of sp³-hybridized carbons (Fsp3) is 0.143. The zero-order chi connectivity index (χ0) is 14.7. The summed E-state index contributed by atoms with van der Waals surface area (Å²) in [5, 5.41) is 0. The minimum absolute atomic E-state index is 0.386. The van der Waals surface area contributed by atoms with Crippen molar-refractivity contribution < 1.29 is 9.47 Å². The second kappa shape index (κ2) is 7.16. The highest BCUT2D eigenvalue weighted by molar-refractivity contribution is 9.11. The second-order valence-corrected chi connectivity index (χ2v) is 6.80. The highest BCUT2D eigenvalue weighted by atomic mass is 79.9. The fourth-order valence-electron chi connectivity index (χ4n) is 1.60. The van der Waals surface area contributed by atoms with Gasteiger partial charge < -0.3 is 9.47 Å². The molecule has 2 rings (SSSR count). The highest BCUT2D eigenvalue weighted by Gasteiger charge is 2.11. The number of alkyl halides is 1. The molecule has 0 bridgehead atoms. The summed E-state index contributed by atoms with van der Waals surface area (Å²) in [5.41, 5.74) is 0.925. The monoisotopic (exact) mass is 482 g/mol. The number of hydrogen-bond acceptors (Lipinski definition) is 2. The lowest BCUT2D eigenvalue weighted by Crippen LogP contribution is -1.92. The first-order chi connectivity index (χ1) is 9.55. The van der Waals surface area contributed by atoms with Crippen molar-refractivity contribution >= 4 is 59.4 Å². The van der Waals surface area contributed by atoms with E-state index in [1.165, 1.54) is 0 Å². The van der Waals surface area contributed by atoms with E-state index in [4.69, 9.17) is 21.1 Å². The Kier molecular flexibility index (Phi) is 5.78. The SMILES string of the molecule is COc1cc(Br)c(Oc2cc(Br)ccc2CCl)cc1Br. The molecule has 2 nitrogen and oxygen atoms in total. The van der Waals surface area contributed by atoms with Crippen LogP contribution in [0, 0.1) is 0 Å². The van der Waals surface area contributed by atoms with Crippen LogP contribution in [0.3, 0.4) is 0 Å². The standard InChI is InChI=1S/C14H10Br3ClO2/c1-19-13-5-11(17)14(6-10(13)16)20-12-4-9(15)3-2-8(12)7-18/h2-6H,7H2,1H3. The maximum atomic E-state index is 5.95. The molecule has 0 aromatic heterocycles. The van der Waals surface area contributed by atoms with E-state index in [1.807, 2.05) is 30.3 Å². The Balaban J connectivity index is 2.39. The molecule has 0 fully saturated rings. The van der Waals surface area contributed by atoms with Gasteiger partial charge in [-0.05, 0) is 56.1 Å². The Labute approximate surface area is 147 Å². The van der Waals surface area contributed by atoms with Crippen LogP contribution in [0.2, 0.25) is 0 Å². The van der Waals surface area contributed by atoms with Crippen LogP contribution in [0.5, 0.6) is 17.2 Å². The lowest BCUT2D eigenvalue weighted by atomic mass is 10.2. The minimum atomic E-state index is 0.386. The van der Waals surface area contributed by atoms with Gasteiger partial charge >= 0.3 is 0 Å². The molecule has 0 N–H and O–H groups in total. The highest BCUT2D eigenvalue weighted by Crippen LogP contribution is 2.39. The molecule has 0 spiro atoms. The number of ether oxygens (including phenoxy) is 2. The Hall–Kier alpha value is -0.230. The lowest BCUT2D eigenvalue weighted by molar-refractivity contribution is 0.409. The Morgan fingerprint density at radius 3 is 2.25 bits per heavy atom. The largest absolute Gasteiger partial charge is 0.496 e. The van der Waals surface area contributed by atoms with E-state index < -0.39 is 0 Å². The molecule has 20 heavy (non-hydrogen) atoms. The van der Waals surface area contributed by atoms with Gasteiger partial charge in [-0.2, -0.15) is 0 Å². The van der Waals surface area contributed by atoms with Gasteiger partial charge in [0.15, 0.2) is 0 Å². The molecule has 0 atom stereocenters. The molecule has 0 aliphatic heterocycles. The van der Waals surface area contributed by atoms with Gasteiger partial charge in [0.2, 0.25) is 0 Å². The van der Waals surface area contributed by atoms with Crippen molar-refractivity contribution in [2.75, 3.05) is 7.11 Å². The quantitative estimate of drug-likeness (QED) is 0.460. The molecule has 0 radical (unpaired) electrons. The summed E-state index contributed by atoms with van der Waals surface area (Å²) in [5.74, 6) is 2.52. The average molecular weight is 485 g/mol. The van der Waals surface area contributed by atoms with Crippen molar-refractivity contribution in [3.05, 3.63) is 49.3 Å². The average Bonchev–Trinajstić information content (AvgIpc) is 2.42. The third-order valence-corrected chi connectivity index (χ3v) is 4.62. The van der Waals surface area contributed by atoms with E-state index in [1.54, 1.807) is 7.11 Å². The van der Waals surface area contributed by atoms with Crippen LogP contribution >= 0.6 is 59.4 Å². The van der Waals surface area contributed by atoms with E-state index in [2.05, 4.69) is 47.8 Å². The molecule has 0 aliphatic carbocycles. The van der Waals surface area contributed by atoms with Crippen molar-refractivity contribution in [1.29, 1.82) is 0 Å². The third kappa shape index (κ3) is 3.70. The van der Waals surface area contributed by atoms with E-state index in [9.17, 15) is 0 Å². The summed E-state index contributed by atoms with van der Waals surface area (Å²) in [4.78, 5) is 0. The van der Waals surface area contributed by atoms with E-state index in [0.29, 0.717) is 17.4 Å². The Morgan fingerprint density at radius 1 is 0.950 bits per heavy atom. The molecule has 0 saturated carbocycles. The molecular weight excluding hydrogens is 475 g/mol. The first-order valence-corrected chi connectivity index (χ1v) is 8.51. The van der Waals surface area contributed by atoms with E-state index >= 15 is 0 Å². The van der Waals surface area contributed by atoms with Crippen LogP contribution in [0.15, 0.2) is 43.7 Å². The third-order valence-electron chi connectivity index (χ3n) is 2.60. The van der Waals surface area contributed by atoms with Crippen LogP contribution in [0.4, 0.5) is 0 Å². The maximum Gasteiger partial charge on any atom is 0.143 e. The van der Waals surface area contributed by atoms with Crippen LogP contribution in [-0.4, -0.2) is 7.11 Å². The Bertz CT molecular complexity index is 632. The molecule has 0 amide bonds. The predicted octanol–water partition coefficient (Wildman–Crippen LogP) is 6.51. The molecular formula is C14H10Br3ClO2. The van der Waals surface area contributed by atoms with Crippen molar-refractivity contribution in [2.45, 2.75) is 5.88 Å². The van der Waals surface area contributed by atoms with Gasteiger partial charge in [-0.25, -0.2) is 0 Å². The van der Waals surface area contributed by atoms with Gasteiger partial charge in [0.25, 0.3) is 0 Å². The molecule has 0 unspecified atom stereocenters. The second-order valence-electron chi connectivity index (χ2n) is 3.90. The molecule has 2 aromatic carbocycles. The number of hydrogen-bond donors (Lipinski definition) is 0. The van der Waals surface area contributed by atoms with Gasteiger partial charge in [0.05, 0.1) is 21.9 Å². The Morgan fingerprint density at radius 2 is 1.60 bits per heavy atom. The van der Waals surface area contributed by atoms with Gasteiger partial charge in [-0.3, -0.25) is 0 Å². The molecule has 2 aromatic rings. The number of halogens is 4. The molecule has 106 valence electrons. The summed E-state index contributed by atoms with van der Waals surface area (Å²) < 4.78 is 13.7. The smallest absolute Gasteiger partial charge is 0.143 e. The summed E-state index contributed by atoms with van der Waals surface area (Å²) in [7, 11) is 1.62. The number of benzene rings is 2. The van der Waals surface area contributed by atoms with Crippen LogP contribution in [-0.2, 0) is 5.88 Å². The van der Waals surface area contributed by atoms with Crippen LogP contribution in [0.25, 0.3) is 0 Å². The van der Waals surface area contributed by atoms with E-state index in [0.717, 1.165) is 24.7 Å². The molecule has 0 aliphatic rings. The zero-order valence-electron chi connectivity index (χ0n) is 10.4. The van der Waals surface area contributed by atoms with Crippen molar-refractivity contribution in [3.63, 3.8) is 0 Å². The van der Waals surface area contributed by atoms with Crippen molar-refractivity contribution in [2.24, 2.45) is 0 Å². The minimum Gasteiger partial charge on any atom is -0.496 e. The van der Waals surface area contributed by atoms with Crippen LogP contribution in [0.1, 0.15) is 5.56 Å². The lowest BCUT2D eigenvalue weighted by Gasteiger charge is -2.13. The maximum absolute atomic E-state index is 5.95. The number of methoxy groups -OCH3 is 1. The zero-order valence-corrected chi connectivity index (χ0v) is 15.9. The van der Waals surface area contributed by atoms with Crippen LogP contribution < -0.4 is 9.47 Å². The topological polar surface area (TPSA) is 18.5 Å². The number of rotatable bonds is 4. The normalized spacial score (nSPS) is 10.4. The molecule has 0 saturated heterocycles. The summed E-state index contributed by atoms with van der Waals surface area (Å²) in [6.07, 6.45) is 0. The van der Waals surface area contributed by atoms with E-state index in [-0.39, 0.29) is 0 Å². The van der Waals surface area contributed by atoms with Gasteiger partial charge in [0.1, 0.15) is 17.2 Å². The van der Waals surface area contributed by atoms with Gasteiger partial charge in [-0.15, -0.1) is 11.6 Å². The van der Waals surface area contributed by atoms with Gasteiger partial charge in [0, 0.05) is 10.0 Å². The molecule has 6 heteroatoms. The summed E-state index contributed by atoms with van der Waals surface area (Å²) >= 11 is 16.3. The fourth-order valence-corrected chi connectivity index (χ4v) is 3.05. The first kappa shape index (κ1) is 16.1. The summed E-state index contributed by atoms with van der Waals surface area (Å²) in [6.45, 7) is 0. The molecule has 0 heterocycles. The summed E-state index contributed by atoms with van der Waals surface area (Å²) in [6, 6.07) is 9.45. The van der Waals surface area contributed by atoms with Gasteiger partial charge in [-0.1, -0.05) is 22.0 Å². The van der Waals surface area contributed by atoms with Crippen molar-refractivity contribution in [3.8, 4) is 17.2 Å². The first-order valence-electron chi connectivity index (χ1n) is 5.60. The van der Waals surface area contributed by atoms with Crippen molar-refractivity contribution in [1.82, 2.24) is 0 Å². The predicted molar refractivity (Wildman–Crippen MR) is 92.2 cm³/mol.